The van der Waals surface area contributed by atoms with Crippen molar-refractivity contribution >= 4 is 19.9 Å². The van der Waals surface area contributed by atoms with Gasteiger partial charge in [-0.15, -0.1) is 5.54 Å². The van der Waals surface area contributed by atoms with E-state index in [1.165, 1.54) is 0 Å². The number of carbonyl (C=O) groups excluding carboxylic acids is 1. The average Bonchev–Trinajstić information content (AvgIpc) is 2.33. The second-order valence-electron chi connectivity index (χ2n) is 6.90. The molecule has 0 radical (unpaired) electrons. The number of ether oxygens (including phenoxy) is 2. The van der Waals surface area contributed by atoms with E-state index in [4.69, 9.17) is 9.47 Å². The highest BCUT2D eigenvalue weighted by atomic mass is 28.3. The maximum absolute atomic E-state index is 11.7. The van der Waals surface area contributed by atoms with Crippen molar-refractivity contribution in [2.24, 2.45) is 0 Å². The van der Waals surface area contributed by atoms with E-state index in [0.29, 0.717) is 17.1 Å². The van der Waals surface area contributed by atoms with Crippen LogP contribution in [0.15, 0.2) is 12.3 Å². The minimum Gasteiger partial charge on any atom is -0.494 e. The van der Waals surface area contributed by atoms with E-state index in [1.54, 1.807) is 40.1 Å². The van der Waals surface area contributed by atoms with Gasteiger partial charge in [0.25, 0.3) is 0 Å². The Labute approximate surface area is 133 Å². The highest BCUT2D eigenvalue weighted by Gasteiger charge is 2.17. The molecule has 0 saturated carbocycles. The zero-order valence-electron chi connectivity index (χ0n) is 14.3. The summed E-state index contributed by atoms with van der Waals surface area (Å²) in [5.41, 5.74) is 3.76. The van der Waals surface area contributed by atoms with Crippen LogP contribution in [-0.4, -0.2) is 31.9 Å². The van der Waals surface area contributed by atoms with Gasteiger partial charge < -0.3 is 9.47 Å². The highest BCUT2D eigenvalue weighted by Crippen LogP contribution is 2.21. The first-order chi connectivity index (χ1) is 10.00. The Bertz CT molecular complexity index is 605. The van der Waals surface area contributed by atoms with E-state index in [1.807, 2.05) is 0 Å². The van der Waals surface area contributed by atoms with E-state index in [-0.39, 0.29) is 0 Å². The summed E-state index contributed by atoms with van der Waals surface area (Å²) < 4.78 is 10.5. The van der Waals surface area contributed by atoms with Crippen LogP contribution in [0.2, 0.25) is 19.6 Å². The summed E-state index contributed by atoms with van der Waals surface area (Å²) in [6.07, 6.45) is 1.01. The van der Waals surface area contributed by atoms with Crippen LogP contribution in [0.4, 0.5) is 10.5 Å². The third kappa shape index (κ3) is 6.63. The van der Waals surface area contributed by atoms with Crippen molar-refractivity contribution in [3.8, 4) is 17.2 Å². The average molecular weight is 320 g/mol. The zero-order chi connectivity index (χ0) is 17.0. The number of nitrogens with one attached hydrogen (secondary N) is 1. The molecule has 0 aliphatic rings. The maximum Gasteiger partial charge on any atom is 0.412 e. The van der Waals surface area contributed by atoms with Crippen LogP contribution in [0.5, 0.6) is 5.75 Å². The minimum atomic E-state index is -1.49. The second kappa shape index (κ2) is 6.84. The summed E-state index contributed by atoms with van der Waals surface area (Å²) in [7, 11) is 0.0609. The zero-order valence-corrected chi connectivity index (χ0v) is 15.3. The number of carbonyl (C=O) groups is 1. The van der Waals surface area contributed by atoms with Crippen molar-refractivity contribution in [1.29, 1.82) is 0 Å². The van der Waals surface area contributed by atoms with Crippen LogP contribution in [0.3, 0.4) is 0 Å². The number of hydrogen-bond donors (Lipinski definition) is 1. The first-order valence-electron chi connectivity index (χ1n) is 7.07. The third-order valence-electron chi connectivity index (χ3n) is 2.27. The molecule has 0 bridgehead atoms. The maximum atomic E-state index is 11.7. The van der Waals surface area contributed by atoms with Crippen LogP contribution in [0.1, 0.15) is 26.5 Å². The lowest BCUT2D eigenvalue weighted by Gasteiger charge is -2.19. The molecular formula is C16H24N2O3Si. The molecule has 6 heteroatoms. The predicted octanol–water partition coefficient (Wildman–Crippen LogP) is 3.67. The Balaban J connectivity index is 2.93. The van der Waals surface area contributed by atoms with Crippen LogP contribution < -0.4 is 10.1 Å². The molecule has 22 heavy (non-hydrogen) atoms. The Morgan fingerprint density at radius 2 is 1.95 bits per heavy atom. The van der Waals surface area contributed by atoms with Crippen LogP contribution >= 0.6 is 0 Å². The predicted molar refractivity (Wildman–Crippen MR) is 90.9 cm³/mol. The van der Waals surface area contributed by atoms with Gasteiger partial charge in [-0.1, -0.05) is 25.6 Å². The highest BCUT2D eigenvalue weighted by molar-refractivity contribution is 6.83. The fourth-order valence-electron chi connectivity index (χ4n) is 1.43. The molecule has 0 spiro atoms. The van der Waals surface area contributed by atoms with Crippen LogP contribution in [0, 0.1) is 11.5 Å². The largest absolute Gasteiger partial charge is 0.494 e. The van der Waals surface area contributed by atoms with Crippen molar-refractivity contribution in [3.05, 3.63) is 18.0 Å². The molecule has 1 heterocycles. The summed E-state index contributed by atoms with van der Waals surface area (Å²) >= 11 is 0. The number of methoxy groups -OCH3 is 1. The van der Waals surface area contributed by atoms with Crippen molar-refractivity contribution in [1.82, 2.24) is 4.98 Å². The van der Waals surface area contributed by atoms with Gasteiger partial charge in [-0.05, 0) is 20.8 Å². The molecule has 1 rings (SSSR count). The molecule has 0 aromatic carbocycles. The van der Waals surface area contributed by atoms with Gasteiger partial charge in [0.15, 0.2) is 11.4 Å². The van der Waals surface area contributed by atoms with Gasteiger partial charge in [0.05, 0.1) is 19.0 Å². The number of anilines is 1. The Hall–Kier alpha value is -2.00. The summed E-state index contributed by atoms with van der Waals surface area (Å²) in [6, 6.07) is 1.69. The number of hydrogen-bond acceptors (Lipinski definition) is 4. The lowest BCUT2D eigenvalue weighted by molar-refractivity contribution is 0.0636. The Kier molecular flexibility index (Phi) is 5.61. The fraction of sp³-hybridized carbons (Fsp3) is 0.500. The van der Waals surface area contributed by atoms with Gasteiger partial charge in [-0.3, -0.25) is 5.32 Å². The molecule has 0 aliphatic carbocycles. The van der Waals surface area contributed by atoms with E-state index in [0.717, 1.165) is 0 Å². The standard InChI is InChI=1S/C16H24N2O3Si/c1-16(2,3)21-15(19)18-12-10-14(20-4)13(17-11-12)8-9-22(5,6)7/h10-11H,1-7H3,(H,18,19). The summed E-state index contributed by atoms with van der Waals surface area (Å²) in [5.74, 6) is 3.58. The molecule has 0 fully saturated rings. The minimum absolute atomic E-state index is 0.504. The van der Waals surface area contributed by atoms with Crippen molar-refractivity contribution in [3.63, 3.8) is 0 Å². The first-order valence-corrected chi connectivity index (χ1v) is 10.6. The summed E-state index contributed by atoms with van der Waals surface area (Å²) in [6.45, 7) is 11.9. The molecule has 5 nitrogen and oxygen atoms in total. The molecule has 0 saturated heterocycles. The molecule has 0 unspecified atom stereocenters. The van der Waals surface area contributed by atoms with Crippen molar-refractivity contribution in [2.75, 3.05) is 12.4 Å². The number of amides is 1. The van der Waals surface area contributed by atoms with Crippen LogP contribution in [0.25, 0.3) is 0 Å². The van der Waals surface area contributed by atoms with E-state index < -0.39 is 19.8 Å². The van der Waals surface area contributed by atoms with Gasteiger partial charge in [0.2, 0.25) is 0 Å². The molecule has 1 amide bonds. The topological polar surface area (TPSA) is 60.5 Å². The van der Waals surface area contributed by atoms with Gasteiger partial charge in [-0.25, -0.2) is 9.78 Å². The smallest absolute Gasteiger partial charge is 0.412 e. The molecule has 1 aromatic rings. The summed E-state index contributed by atoms with van der Waals surface area (Å²) in [5, 5.41) is 2.63. The molecule has 0 aliphatic heterocycles. The number of pyridine rings is 1. The summed E-state index contributed by atoms with van der Waals surface area (Å²) in [4.78, 5) is 16.0. The first kappa shape index (κ1) is 18.0. The number of aromatic nitrogens is 1. The number of nitrogens with zero attached hydrogens (tertiary/aromatic N) is 1. The molecule has 0 atom stereocenters. The van der Waals surface area contributed by atoms with Crippen LogP contribution in [-0.2, 0) is 4.74 Å². The Morgan fingerprint density at radius 3 is 2.45 bits per heavy atom. The third-order valence-corrected chi connectivity index (χ3v) is 3.15. The fourth-order valence-corrected chi connectivity index (χ4v) is 1.92. The van der Waals surface area contributed by atoms with Gasteiger partial charge in [-0.2, -0.15) is 0 Å². The van der Waals surface area contributed by atoms with E-state index >= 15 is 0 Å². The second-order valence-corrected chi connectivity index (χ2v) is 11.7. The molecule has 1 aromatic heterocycles. The quantitative estimate of drug-likeness (QED) is 0.667. The van der Waals surface area contributed by atoms with E-state index in [2.05, 4.69) is 41.4 Å². The molecule has 120 valence electrons. The van der Waals surface area contributed by atoms with Gasteiger partial charge >= 0.3 is 6.09 Å². The molecular weight excluding hydrogens is 296 g/mol. The molecule has 1 N–H and O–H groups in total. The lowest BCUT2D eigenvalue weighted by atomic mass is 10.2. The van der Waals surface area contributed by atoms with Gasteiger partial charge in [0, 0.05) is 6.07 Å². The lowest BCUT2D eigenvalue weighted by Crippen LogP contribution is -2.27. The monoisotopic (exact) mass is 320 g/mol. The SMILES string of the molecule is COc1cc(NC(=O)OC(C)(C)C)cnc1C#C[Si](C)(C)C. The Morgan fingerprint density at radius 1 is 1.32 bits per heavy atom. The van der Waals surface area contributed by atoms with E-state index in [9.17, 15) is 4.79 Å². The van der Waals surface area contributed by atoms with Crippen molar-refractivity contribution in [2.45, 2.75) is 46.0 Å². The van der Waals surface area contributed by atoms with Gasteiger partial charge in [0.1, 0.15) is 13.7 Å². The number of rotatable bonds is 2. The normalized spacial score (nSPS) is 11.2. The van der Waals surface area contributed by atoms with Crippen molar-refractivity contribution < 1.29 is 14.3 Å².